The predicted octanol–water partition coefficient (Wildman–Crippen LogP) is 3.38. The standard InChI is InChI=1S/C11H10BrFO/c1-2-3-4-7-14-11-8-9(12)5-6-10(11)13/h5-6,8H,4,7H2,1H3. The van der Waals surface area contributed by atoms with E-state index in [2.05, 4.69) is 27.8 Å². The van der Waals surface area contributed by atoms with Gasteiger partial charge in [-0.15, -0.1) is 11.8 Å². The highest BCUT2D eigenvalue weighted by Crippen LogP contribution is 2.22. The molecule has 0 fully saturated rings. The van der Waals surface area contributed by atoms with Crippen LogP contribution in [0.5, 0.6) is 5.75 Å². The maximum absolute atomic E-state index is 13.1. The van der Waals surface area contributed by atoms with Gasteiger partial charge in [0.2, 0.25) is 0 Å². The van der Waals surface area contributed by atoms with Crippen molar-refractivity contribution < 1.29 is 9.13 Å². The molecule has 1 aromatic rings. The molecule has 0 aliphatic rings. The first kappa shape index (κ1) is 11.1. The van der Waals surface area contributed by atoms with Crippen LogP contribution in [0.4, 0.5) is 4.39 Å². The van der Waals surface area contributed by atoms with Crippen LogP contribution < -0.4 is 4.74 Å². The van der Waals surface area contributed by atoms with Crippen molar-refractivity contribution >= 4 is 15.9 Å². The van der Waals surface area contributed by atoms with Gasteiger partial charge in [-0.25, -0.2) is 4.39 Å². The summed E-state index contributed by atoms with van der Waals surface area (Å²) in [6.45, 7) is 2.17. The highest BCUT2D eigenvalue weighted by atomic mass is 79.9. The summed E-state index contributed by atoms with van der Waals surface area (Å²) in [6, 6.07) is 4.60. The van der Waals surface area contributed by atoms with E-state index >= 15 is 0 Å². The Labute approximate surface area is 91.4 Å². The minimum atomic E-state index is -0.349. The average Bonchev–Trinajstić information content (AvgIpc) is 2.18. The Hall–Kier alpha value is -1.01. The molecule has 0 bridgehead atoms. The van der Waals surface area contributed by atoms with Crippen LogP contribution in [0.1, 0.15) is 13.3 Å². The fourth-order valence-corrected chi connectivity index (χ4v) is 1.26. The number of rotatable bonds is 3. The van der Waals surface area contributed by atoms with Crippen LogP contribution in [0.3, 0.4) is 0 Å². The SMILES string of the molecule is CC#CCCOc1cc(Br)ccc1F. The van der Waals surface area contributed by atoms with Gasteiger partial charge in [0.25, 0.3) is 0 Å². The predicted molar refractivity (Wildman–Crippen MR) is 57.7 cm³/mol. The maximum atomic E-state index is 13.1. The Morgan fingerprint density at radius 2 is 2.29 bits per heavy atom. The van der Waals surface area contributed by atoms with E-state index in [4.69, 9.17) is 4.74 Å². The molecular formula is C11H10BrFO. The molecule has 0 aromatic heterocycles. The lowest BCUT2D eigenvalue weighted by Crippen LogP contribution is -1.97. The van der Waals surface area contributed by atoms with Crippen LogP contribution in [0.25, 0.3) is 0 Å². The van der Waals surface area contributed by atoms with Crippen LogP contribution in [0, 0.1) is 17.7 Å². The van der Waals surface area contributed by atoms with Crippen molar-refractivity contribution in [1.82, 2.24) is 0 Å². The molecule has 0 aliphatic carbocycles. The Kier molecular flexibility index (Phi) is 4.48. The van der Waals surface area contributed by atoms with Gasteiger partial charge in [-0.2, -0.15) is 0 Å². The third-order valence-electron chi connectivity index (χ3n) is 1.55. The van der Waals surface area contributed by atoms with Crippen molar-refractivity contribution in [2.45, 2.75) is 13.3 Å². The van der Waals surface area contributed by atoms with Gasteiger partial charge in [-0.05, 0) is 25.1 Å². The van der Waals surface area contributed by atoms with Crippen molar-refractivity contribution in [1.29, 1.82) is 0 Å². The summed E-state index contributed by atoms with van der Waals surface area (Å²) in [4.78, 5) is 0. The molecule has 74 valence electrons. The molecule has 14 heavy (non-hydrogen) atoms. The molecule has 0 saturated carbocycles. The van der Waals surface area contributed by atoms with Gasteiger partial charge in [0.1, 0.15) is 0 Å². The summed E-state index contributed by atoms with van der Waals surface area (Å²) in [5.74, 6) is 5.50. The maximum Gasteiger partial charge on any atom is 0.165 e. The van der Waals surface area contributed by atoms with Crippen molar-refractivity contribution in [3.05, 3.63) is 28.5 Å². The summed E-state index contributed by atoms with van der Waals surface area (Å²) in [5.41, 5.74) is 0. The van der Waals surface area contributed by atoms with Crippen LogP contribution in [-0.2, 0) is 0 Å². The van der Waals surface area contributed by atoms with E-state index in [9.17, 15) is 4.39 Å². The lowest BCUT2D eigenvalue weighted by atomic mass is 10.3. The van der Waals surface area contributed by atoms with E-state index in [1.807, 2.05) is 0 Å². The first-order chi connectivity index (χ1) is 6.74. The van der Waals surface area contributed by atoms with Crippen LogP contribution in [0.15, 0.2) is 22.7 Å². The zero-order valence-electron chi connectivity index (χ0n) is 7.81. The lowest BCUT2D eigenvalue weighted by molar-refractivity contribution is 0.310. The van der Waals surface area contributed by atoms with E-state index in [0.29, 0.717) is 13.0 Å². The Morgan fingerprint density at radius 1 is 1.50 bits per heavy atom. The highest BCUT2D eigenvalue weighted by molar-refractivity contribution is 9.10. The summed E-state index contributed by atoms with van der Waals surface area (Å²) >= 11 is 3.24. The summed E-state index contributed by atoms with van der Waals surface area (Å²) in [7, 11) is 0. The Bertz CT molecular complexity index is 365. The fourth-order valence-electron chi connectivity index (χ4n) is 0.925. The summed E-state index contributed by atoms with van der Waals surface area (Å²) in [6.07, 6.45) is 0.614. The third kappa shape index (κ3) is 3.39. The molecular weight excluding hydrogens is 247 g/mol. The van der Waals surface area contributed by atoms with E-state index < -0.39 is 0 Å². The topological polar surface area (TPSA) is 9.23 Å². The van der Waals surface area contributed by atoms with E-state index in [-0.39, 0.29) is 11.6 Å². The third-order valence-corrected chi connectivity index (χ3v) is 2.05. The van der Waals surface area contributed by atoms with Gasteiger partial charge >= 0.3 is 0 Å². The molecule has 1 rings (SSSR count). The highest BCUT2D eigenvalue weighted by Gasteiger charge is 2.02. The molecule has 1 nitrogen and oxygen atoms in total. The minimum absolute atomic E-state index is 0.261. The monoisotopic (exact) mass is 256 g/mol. The van der Waals surface area contributed by atoms with Crippen molar-refractivity contribution in [3.63, 3.8) is 0 Å². The van der Waals surface area contributed by atoms with Gasteiger partial charge in [-0.3, -0.25) is 0 Å². The number of halogens is 2. The lowest BCUT2D eigenvalue weighted by Gasteiger charge is -2.05. The second-order valence-corrected chi connectivity index (χ2v) is 3.52. The number of ether oxygens (including phenoxy) is 1. The smallest absolute Gasteiger partial charge is 0.165 e. The summed E-state index contributed by atoms with van der Waals surface area (Å²) in [5, 5.41) is 0. The van der Waals surface area contributed by atoms with Gasteiger partial charge < -0.3 is 4.74 Å². The molecule has 3 heteroatoms. The fraction of sp³-hybridized carbons (Fsp3) is 0.273. The van der Waals surface area contributed by atoms with Crippen LogP contribution in [0.2, 0.25) is 0 Å². The second kappa shape index (κ2) is 5.66. The Morgan fingerprint density at radius 3 is 3.00 bits per heavy atom. The van der Waals surface area contributed by atoms with Crippen molar-refractivity contribution in [3.8, 4) is 17.6 Å². The van der Waals surface area contributed by atoms with Gasteiger partial charge in [0, 0.05) is 10.9 Å². The average molecular weight is 257 g/mol. The summed E-state index contributed by atoms with van der Waals surface area (Å²) < 4.78 is 19.1. The van der Waals surface area contributed by atoms with E-state index in [0.717, 1.165) is 4.47 Å². The van der Waals surface area contributed by atoms with Crippen LogP contribution >= 0.6 is 15.9 Å². The van der Waals surface area contributed by atoms with E-state index in [1.165, 1.54) is 6.07 Å². The molecule has 0 heterocycles. The molecule has 0 spiro atoms. The van der Waals surface area contributed by atoms with Crippen molar-refractivity contribution in [2.75, 3.05) is 6.61 Å². The van der Waals surface area contributed by atoms with Gasteiger partial charge in [0.15, 0.2) is 11.6 Å². The number of hydrogen-bond donors (Lipinski definition) is 0. The zero-order chi connectivity index (χ0) is 10.4. The first-order valence-electron chi connectivity index (χ1n) is 4.21. The molecule has 0 saturated heterocycles. The molecule has 0 atom stereocenters. The van der Waals surface area contributed by atoms with Gasteiger partial charge in [0.05, 0.1) is 6.61 Å². The molecule has 0 radical (unpaired) electrons. The largest absolute Gasteiger partial charge is 0.489 e. The molecule has 0 aliphatic heterocycles. The molecule has 1 aromatic carbocycles. The quantitative estimate of drug-likeness (QED) is 0.595. The van der Waals surface area contributed by atoms with E-state index in [1.54, 1.807) is 19.1 Å². The second-order valence-electron chi connectivity index (χ2n) is 2.60. The number of hydrogen-bond acceptors (Lipinski definition) is 1. The first-order valence-corrected chi connectivity index (χ1v) is 5.01. The molecule has 0 amide bonds. The van der Waals surface area contributed by atoms with Crippen LogP contribution in [-0.4, -0.2) is 6.61 Å². The van der Waals surface area contributed by atoms with Crippen molar-refractivity contribution in [2.24, 2.45) is 0 Å². The number of benzene rings is 1. The molecule has 0 N–H and O–H groups in total. The molecule has 0 unspecified atom stereocenters. The Balaban J connectivity index is 2.56. The zero-order valence-corrected chi connectivity index (χ0v) is 9.40. The van der Waals surface area contributed by atoms with Gasteiger partial charge in [-0.1, -0.05) is 15.9 Å². The minimum Gasteiger partial charge on any atom is -0.489 e. The normalized spacial score (nSPS) is 9.07.